The lowest BCUT2D eigenvalue weighted by Crippen LogP contribution is -2.24. The van der Waals surface area contributed by atoms with E-state index in [1.807, 2.05) is 30.3 Å². The number of Topliss-reactive ketones (excluding diaryl/α,β-unsaturated/α-hetero) is 1. The monoisotopic (exact) mass is 477 g/mol. The van der Waals surface area contributed by atoms with Crippen LogP contribution in [0.4, 0.5) is 5.69 Å². The summed E-state index contributed by atoms with van der Waals surface area (Å²) in [4.78, 5) is 24.1. The van der Waals surface area contributed by atoms with Crippen LogP contribution in [0.15, 0.2) is 77.2 Å². The normalized spacial score (nSPS) is 11.4. The average Bonchev–Trinajstić information content (AvgIpc) is 3.23. The molecule has 0 saturated carbocycles. The molecule has 0 bridgehead atoms. The van der Waals surface area contributed by atoms with E-state index in [4.69, 9.17) is 9.15 Å². The zero-order valence-electron chi connectivity index (χ0n) is 18.7. The molecule has 0 atom stereocenters. The fourth-order valence-corrected chi connectivity index (χ4v) is 4.91. The summed E-state index contributed by atoms with van der Waals surface area (Å²) < 4.78 is 36.4. The SMILES string of the molecule is COc1ccc(C(C)=O)cc1CS(=O)(=O)CC(=O)Nc1ccc(-c2cc3ccccc3o2)cc1. The molecule has 34 heavy (non-hydrogen) atoms. The van der Waals surface area contributed by atoms with E-state index in [1.54, 1.807) is 36.4 Å². The number of para-hydroxylation sites is 1. The first kappa shape index (κ1) is 23.3. The predicted molar refractivity (Wildman–Crippen MR) is 131 cm³/mol. The number of rotatable bonds is 8. The third-order valence-electron chi connectivity index (χ3n) is 5.29. The van der Waals surface area contributed by atoms with Crippen LogP contribution in [-0.4, -0.2) is 33.0 Å². The van der Waals surface area contributed by atoms with Crippen LogP contribution < -0.4 is 10.1 Å². The van der Waals surface area contributed by atoms with Crippen LogP contribution in [0.3, 0.4) is 0 Å². The second kappa shape index (κ2) is 9.52. The number of sulfone groups is 1. The van der Waals surface area contributed by atoms with Crippen molar-refractivity contribution in [2.75, 3.05) is 18.2 Å². The van der Waals surface area contributed by atoms with Crippen molar-refractivity contribution in [3.05, 3.63) is 83.9 Å². The first-order valence-electron chi connectivity index (χ1n) is 10.5. The van der Waals surface area contributed by atoms with E-state index in [0.717, 1.165) is 16.5 Å². The van der Waals surface area contributed by atoms with Gasteiger partial charge in [0.25, 0.3) is 0 Å². The van der Waals surface area contributed by atoms with E-state index in [0.29, 0.717) is 28.3 Å². The number of nitrogens with one attached hydrogen (secondary N) is 1. The fraction of sp³-hybridized carbons (Fsp3) is 0.154. The van der Waals surface area contributed by atoms with E-state index in [9.17, 15) is 18.0 Å². The van der Waals surface area contributed by atoms with E-state index in [1.165, 1.54) is 20.1 Å². The molecule has 3 aromatic carbocycles. The zero-order chi connectivity index (χ0) is 24.3. The number of ether oxygens (including phenoxy) is 1. The highest BCUT2D eigenvalue weighted by Gasteiger charge is 2.21. The van der Waals surface area contributed by atoms with Gasteiger partial charge in [-0.05, 0) is 61.5 Å². The Bertz CT molecular complexity index is 1440. The summed E-state index contributed by atoms with van der Waals surface area (Å²) in [5, 5.41) is 3.60. The fourth-order valence-electron chi connectivity index (χ4n) is 3.64. The summed E-state index contributed by atoms with van der Waals surface area (Å²) in [7, 11) is -2.40. The zero-order valence-corrected chi connectivity index (χ0v) is 19.5. The highest BCUT2D eigenvalue weighted by atomic mass is 32.2. The predicted octanol–water partition coefficient (Wildman–Crippen LogP) is 4.86. The quantitative estimate of drug-likeness (QED) is 0.364. The smallest absolute Gasteiger partial charge is 0.239 e. The van der Waals surface area contributed by atoms with Gasteiger partial charge in [-0.1, -0.05) is 18.2 Å². The Hall–Kier alpha value is -3.91. The van der Waals surface area contributed by atoms with Crippen LogP contribution in [0.5, 0.6) is 5.75 Å². The van der Waals surface area contributed by atoms with Gasteiger partial charge in [0, 0.05) is 27.8 Å². The molecular formula is C26H23NO6S. The minimum atomic E-state index is -3.81. The van der Waals surface area contributed by atoms with Crippen molar-refractivity contribution >= 4 is 38.2 Å². The molecular weight excluding hydrogens is 454 g/mol. The molecule has 1 heterocycles. The molecule has 0 saturated heterocycles. The molecule has 0 aliphatic rings. The highest BCUT2D eigenvalue weighted by Crippen LogP contribution is 2.28. The highest BCUT2D eigenvalue weighted by molar-refractivity contribution is 7.91. The first-order chi connectivity index (χ1) is 16.2. The largest absolute Gasteiger partial charge is 0.496 e. The van der Waals surface area contributed by atoms with Gasteiger partial charge in [-0.25, -0.2) is 8.42 Å². The maximum atomic E-state index is 12.7. The van der Waals surface area contributed by atoms with Crippen LogP contribution in [-0.2, 0) is 20.4 Å². The summed E-state index contributed by atoms with van der Waals surface area (Å²) in [6.45, 7) is 1.40. The molecule has 0 spiro atoms. The van der Waals surface area contributed by atoms with E-state index in [-0.39, 0.29) is 5.78 Å². The number of ketones is 1. The Kier molecular flexibility index (Phi) is 6.51. The number of hydrogen-bond donors (Lipinski definition) is 1. The van der Waals surface area contributed by atoms with Gasteiger partial charge in [-0.2, -0.15) is 0 Å². The number of benzene rings is 3. The number of anilines is 1. The molecule has 8 heteroatoms. The molecule has 0 unspecified atom stereocenters. The lowest BCUT2D eigenvalue weighted by molar-refractivity contribution is -0.113. The Morgan fingerprint density at radius 3 is 2.38 bits per heavy atom. The van der Waals surface area contributed by atoms with Crippen LogP contribution >= 0.6 is 0 Å². The molecule has 0 radical (unpaired) electrons. The second-order valence-electron chi connectivity index (χ2n) is 7.89. The molecule has 0 aliphatic heterocycles. The Morgan fingerprint density at radius 1 is 0.971 bits per heavy atom. The second-order valence-corrected chi connectivity index (χ2v) is 9.95. The van der Waals surface area contributed by atoms with Crippen molar-refractivity contribution in [2.24, 2.45) is 0 Å². The van der Waals surface area contributed by atoms with Gasteiger partial charge in [-0.15, -0.1) is 0 Å². The van der Waals surface area contributed by atoms with Crippen molar-refractivity contribution in [3.63, 3.8) is 0 Å². The average molecular weight is 478 g/mol. The minimum absolute atomic E-state index is 0.190. The summed E-state index contributed by atoms with van der Waals surface area (Å²) in [5.41, 5.74) is 2.79. The van der Waals surface area contributed by atoms with Crippen LogP contribution in [0.25, 0.3) is 22.3 Å². The number of furan rings is 1. The van der Waals surface area contributed by atoms with Gasteiger partial charge >= 0.3 is 0 Å². The maximum absolute atomic E-state index is 12.7. The Labute approximate surface area is 197 Å². The number of amides is 1. The van der Waals surface area contributed by atoms with E-state index in [2.05, 4.69) is 5.32 Å². The lowest BCUT2D eigenvalue weighted by Gasteiger charge is -2.11. The molecule has 0 aliphatic carbocycles. The van der Waals surface area contributed by atoms with Crippen molar-refractivity contribution in [3.8, 4) is 17.1 Å². The number of fused-ring (bicyclic) bond motifs is 1. The Morgan fingerprint density at radius 2 is 1.71 bits per heavy atom. The summed E-state index contributed by atoms with van der Waals surface area (Å²) in [6, 6.07) is 21.2. The van der Waals surface area contributed by atoms with Crippen molar-refractivity contribution in [1.29, 1.82) is 0 Å². The molecule has 1 aromatic heterocycles. The summed E-state index contributed by atoms with van der Waals surface area (Å²) in [5.74, 6) is -0.927. The number of carbonyl (C=O) groups is 2. The summed E-state index contributed by atoms with van der Waals surface area (Å²) >= 11 is 0. The van der Waals surface area contributed by atoms with Gasteiger partial charge in [0.15, 0.2) is 15.6 Å². The molecule has 0 fully saturated rings. The molecule has 174 valence electrons. The lowest BCUT2D eigenvalue weighted by atomic mass is 10.1. The minimum Gasteiger partial charge on any atom is -0.496 e. The number of methoxy groups -OCH3 is 1. The van der Waals surface area contributed by atoms with E-state index < -0.39 is 27.3 Å². The topological polar surface area (TPSA) is 103 Å². The molecule has 4 rings (SSSR count). The molecule has 4 aromatic rings. The third-order valence-corrected chi connectivity index (χ3v) is 6.74. The maximum Gasteiger partial charge on any atom is 0.239 e. The molecule has 1 N–H and O–H groups in total. The van der Waals surface area contributed by atoms with Crippen molar-refractivity contribution < 1.29 is 27.2 Å². The molecule has 1 amide bonds. The van der Waals surface area contributed by atoms with Crippen molar-refractivity contribution in [2.45, 2.75) is 12.7 Å². The Balaban J connectivity index is 1.43. The first-order valence-corrected chi connectivity index (χ1v) is 12.3. The van der Waals surface area contributed by atoms with Crippen LogP contribution in [0.2, 0.25) is 0 Å². The molecule has 7 nitrogen and oxygen atoms in total. The van der Waals surface area contributed by atoms with Crippen molar-refractivity contribution in [1.82, 2.24) is 0 Å². The van der Waals surface area contributed by atoms with Gasteiger partial charge < -0.3 is 14.5 Å². The van der Waals surface area contributed by atoms with E-state index >= 15 is 0 Å². The third kappa shape index (κ3) is 5.35. The van der Waals surface area contributed by atoms with Gasteiger partial charge in [0.1, 0.15) is 22.8 Å². The summed E-state index contributed by atoms with van der Waals surface area (Å²) in [6.07, 6.45) is 0. The van der Waals surface area contributed by atoms with Gasteiger partial charge in [0.05, 0.1) is 12.9 Å². The van der Waals surface area contributed by atoms with Gasteiger partial charge in [-0.3, -0.25) is 9.59 Å². The number of hydrogen-bond acceptors (Lipinski definition) is 6. The number of carbonyl (C=O) groups excluding carboxylic acids is 2. The van der Waals surface area contributed by atoms with Crippen LogP contribution in [0, 0.1) is 0 Å². The van der Waals surface area contributed by atoms with Crippen LogP contribution in [0.1, 0.15) is 22.8 Å². The van der Waals surface area contributed by atoms with Gasteiger partial charge in [0.2, 0.25) is 5.91 Å². The standard InChI is InChI=1S/C26H23NO6S/c1-17(28)19-9-12-23(32-2)21(13-19)15-34(30,31)16-26(29)27-22-10-7-18(8-11-22)25-14-20-5-3-4-6-24(20)33-25/h3-14H,15-16H2,1-2H3,(H,27,29).